The van der Waals surface area contributed by atoms with Gasteiger partial charge in [0.15, 0.2) is 12.0 Å². The molecule has 1 unspecified atom stereocenters. The number of hydrogen-bond donors (Lipinski definition) is 1. The van der Waals surface area contributed by atoms with Gasteiger partial charge in [0, 0.05) is 37.2 Å². The van der Waals surface area contributed by atoms with E-state index in [0.29, 0.717) is 19.7 Å². The lowest BCUT2D eigenvalue weighted by atomic mass is 10.0. The quantitative estimate of drug-likeness (QED) is 0.576. The van der Waals surface area contributed by atoms with E-state index in [-0.39, 0.29) is 11.9 Å². The summed E-state index contributed by atoms with van der Waals surface area (Å²) in [6.07, 6.45) is 0.695. The highest BCUT2D eigenvalue weighted by atomic mass is 16.5. The maximum absolute atomic E-state index is 12.4. The molecule has 1 aliphatic heterocycles. The summed E-state index contributed by atoms with van der Waals surface area (Å²) in [4.78, 5) is 17.6. The molecule has 4 aromatic rings. The molecule has 0 spiro atoms. The molecule has 0 saturated heterocycles. The van der Waals surface area contributed by atoms with Gasteiger partial charge in [-0.15, -0.1) is 0 Å². The summed E-state index contributed by atoms with van der Waals surface area (Å²) >= 11 is 0. The number of nitrogens with one attached hydrogen (secondary N) is 1. The number of imidazole rings is 1. The second-order valence-electron chi connectivity index (χ2n) is 7.13. The zero-order valence-corrected chi connectivity index (χ0v) is 15.9. The first-order valence-corrected chi connectivity index (χ1v) is 9.79. The van der Waals surface area contributed by atoms with Crippen LogP contribution in [0.25, 0.3) is 22.0 Å². The van der Waals surface area contributed by atoms with Crippen LogP contribution in [0.3, 0.4) is 0 Å². The molecule has 0 bridgehead atoms. The van der Waals surface area contributed by atoms with Crippen molar-refractivity contribution in [3.8, 4) is 0 Å². The number of fused-ring (bicyclic) bond motifs is 4. The molecule has 0 fully saturated rings. The second kappa shape index (κ2) is 6.96. The van der Waals surface area contributed by atoms with E-state index >= 15 is 0 Å². The van der Waals surface area contributed by atoms with Crippen molar-refractivity contribution >= 4 is 22.0 Å². The first-order chi connectivity index (χ1) is 13.8. The largest absolute Gasteiger partial charge is 0.457 e. The van der Waals surface area contributed by atoms with E-state index in [0.717, 1.165) is 35.3 Å². The Balaban J connectivity index is 1.45. The van der Waals surface area contributed by atoms with E-state index in [1.165, 1.54) is 10.9 Å². The molecule has 2 aromatic heterocycles. The van der Waals surface area contributed by atoms with Gasteiger partial charge in [0.1, 0.15) is 5.58 Å². The van der Waals surface area contributed by atoms with Gasteiger partial charge in [-0.3, -0.25) is 9.47 Å². The number of hydrogen-bond acceptors (Lipinski definition) is 4. The fraction of sp³-hybridized carbons (Fsp3) is 0.318. The number of aromatic amines is 1. The van der Waals surface area contributed by atoms with Gasteiger partial charge in [0.2, 0.25) is 0 Å². The van der Waals surface area contributed by atoms with Gasteiger partial charge in [0.25, 0.3) is 0 Å². The van der Waals surface area contributed by atoms with E-state index in [2.05, 4.69) is 16.0 Å². The third kappa shape index (κ3) is 2.77. The van der Waals surface area contributed by atoms with Gasteiger partial charge in [-0.1, -0.05) is 30.3 Å². The fourth-order valence-corrected chi connectivity index (χ4v) is 4.24. The summed E-state index contributed by atoms with van der Waals surface area (Å²) in [5.41, 5.74) is 3.88. The van der Waals surface area contributed by atoms with Crippen molar-refractivity contribution in [3.63, 3.8) is 0 Å². The molecular formula is C22H23N3O3. The number of para-hydroxylation sites is 3. The topological polar surface area (TPSA) is 63.4 Å². The standard InChI is InChI=1S/C22H23N3O3/c1-2-27-21-20-16(15-7-3-6-10-19(15)28-20)11-12-24(21)13-14-25-18-9-5-4-8-17(18)23-22(25)26/h3-10,21H,2,11-14H2,1H3,(H,23,26). The van der Waals surface area contributed by atoms with Crippen LogP contribution in [0.4, 0.5) is 0 Å². The Morgan fingerprint density at radius 1 is 1.14 bits per heavy atom. The summed E-state index contributed by atoms with van der Waals surface area (Å²) < 4.78 is 14.0. The van der Waals surface area contributed by atoms with Crippen LogP contribution in [0, 0.1) is 0 Å². The molecule has 5 rings (SSSR count). The Kier molecular flexibility index (Phi) is 4.30. The molecule has 28 heavy (non-hydrogen) atoms. The Labute approximate surface area is 162 Å². The van der Waals surface area contributed by atoms with Crippen LogP contribution in [-0.2, 0) is 17.7 Å². The Morgan fingerprint density at radius 3 is 2.86 bits per heavy atom. The first kappa shape index (κ1) is 17.3. The number of benzene rings is 2. The maximum atomic E-state index is 12.4. The number of nitrogens with zero attached hydrogens (tertiary/aromatic N) is 2. The lowest BCUT2D eigenvalue weighted by Crippen LogP contribution is -2.39. The second-order valence-corrected chi connectivity index (χ2v) is 7.13. The number of furan rings is 1. The lowest BCUT2D eigenvalue weighted by molar-refractivity contribution is -0.0769. The average Bonchev–Trinajstić information content (AvgIpc) is 3.24. The van der Waals surface area contributed by atoms with Crippen molar-refractivity contribution in [2.24, 2.45) is 0 Å². The highest BCUT2D eigenvalue weighted by Gasteiger charge is 2.32. The minimum absolute atomic E-state index is 0.0735. The van der Waals surface area contributed by atoms with Gasteiger partial charge in [-0.2, -0.15) is 0 Å². The molecule has 0 amide bonds. The fourth-order valence-electron chi connectivity index (χ4n) is 4.24. The van der Waals surface area contributed by atoms with Crippen LogP contribution < -0.4 is 5.69 Å². The molecule has 2 aromatic carbocycles. The smallest absolute Gasteiger partial charge is 0.326 e. The zero-order valence-electron chi connectivity index (χ0n) is 15.9. The molecular weight excluding hydrogens is 354 g/mol. The van der Waals surface area contributed by atoms with Crippen LogP contribution in [0.1, 0.15) is 24.5 Å². The SMILES string of the molecule is CCOC1c2oc3ccccc3c2CCN1CCn1c(=O)[nH]c2ccccc21. The molecule has 144 valence electrons. The molecule has 0 saturated carbocycles. The van der Waals surface area contributed by atoms with Gasteiger partial charge in [-0.25, -0.2) is 4.79 Å². The summed E-state index contributed by atoms with van der Waals surface area (Å²) in [5, 5.41) is 1.18. The Morgan fingerprint density at radius 2 is 1.96 bits per heavy atom. The summed E-state index contributed by atoms with van der Waals surface area (Å²) in [5.74, 6) is 0.903. The highest BCUT2D eigenvalue weighted by molar-refractivity contribution is 5.82. The van der Waals surface area contributed by atoms with Gasteiger partial charge in [0.05, 0.1) is 11.0 Å². The lowest BCUT2D eigenvalue weighted by Gasteiger charge is -2.34. The first-order valence-electron chi connectivity index (χ1n) is 9.79. The van der Waals surface area contributed by atoms with Crippen LogP contribution in [0.5, 0.6) is 0 Å². The van der Waals surface area contributed by atoms with E-state index in [1.807, 2.05) is 49.4 Å². The van der Waals surface area contributed by atoms with Gasteiger partial charge < -0.3 is 14.1 Å². The minimum atomic E-state index is -0.220. The van der Waals surface area contributed by atoms with Crippen molar-refractivity contribution in [1.29, 1.82) is 0 Å². The van der Waals surface area contributed by atoms with E-state index < -0.39 is 0 Å². The van der Waals surface area contributed by atoms with Crippen LogP contribution in [0.2, 0.25) is 0 Å². The van der Waals surface area contributed by atoms with Gasteiger partial charge >= 0.3 is 5.69 Å². The highest BCUT2D eigenvalue weighted by Crippen LogP contribution is 2.37. The van der Waals surface area contributed by atoms with E-state index in [4.69, 9.17) is 9.15 Å². The van der Waals surface area contributed by atoms with E-state index in [9.17, 15) is 4.79 Å². The van der Waals surface area contributed by atoms with Crippen LogP contribution >= 0.6 is 0 Å². The Hall–Kier alpha value is -2.83. The van der Waals surface area contributed by atoms with Crippen LogP contribution in [0.15, 0.2) is 57.7 Å². The average molecular weight is 377 g/mol. The molecule has 6 nitrogen and oxygen atoms in total. The van der Waals surface area contributed by atoms with E-state index in [1.54, 1.807) is 4.57 Å². The van der Waals surface area contributed by atoms with Crippen LogP contribution in [-0.4, -0.2) is 34.1 Å². The summed E-state index contributed by atoms with van der Waals surface area (Å²) in [6, 6.07) is 15.9. The molecule has 6 heteroatoms. The zero-order chi connectivity index (χ0) is 19.1. The predicted molar refractivity (Wildman–Crippen MR) is 108 cm³/mol. The predicted octanol–water partition coefficient (Wildman–Crippen LogP) is 3.67. The number of H-pyrrole nitrogens is 1. The molecule has 1 N–H and O–H groups in total. The maximum Gasteiger partial charge on any atom is 0.326 e. The minimum Gasteiger partial charge on any atom is -0.457 e. The number of ether oxygens (including phenoxy) is 1. The third-order valence-electron chi connectivity index (χ3n) is 5.55. The molecule has 1 atom stereocenters. The monoisotopic (exact) mass is 377 g/mol. The Bertz CT molecular complexity index is 1190. The molecule has 3 heterocycles. The molecule has 1 aliphatic rings. The summed E-state index contributed by atoms with van der Waals surface area (Å²) in [7, 11) is 0. The van der Waals surface area contributed by atoms with Crippen molar-refractivity contribution in [2.45, 2.75) is 26.1 Å². The number of aromatic nitrogens is 2. The summed E-state index contributed by atoms with van der Waals surface area (Å²) in [6.45, 7) is 4.78. The van der Waals surface area contributed by atoms with Crippen molar-refractivity contribution in [3.05, 3.63) is 70.3 Å². The molecule has 0 radical (unpaired) electrons. The number of rotatable bonds is 5. The third-order valence-corrected chi connectivity index (χ3v) is 5.55. The van der Waals surface area contributed by atoms with Crippen molar-refractivity contribution < 1.29 is 9.15 Å². The molecule has 0 aliphatic carbocycles. The van der Waals surface area contributed by atoms with Crippen molar-refractivity contribution in [1.82, 2.24) is 14.5 Å². The van der Waals surface area contributed by atoms with Gasteiger partial charge in [-0.05, 0) is 31.5 Å². The van der Waals surface area contributed by atoms with Crippen molar-refractivity contribution in [2.75, 3.05) is 19.7 Å². The normalized spacial score (nSPS) is 17.4.